The maximum atomic E-state index is 12.9. The summed E-state index contributed by atoms with van der Waals surface area (Å²) in [7, 11) is 1.91. The zero-order chi connectivity index (χ0) is 19.2. The predicted octanol–water partition coefficient (Wildman–Crippen LogP) is 0.554. The van der Waals surface area contributed by atoms with Crippen LogP contribution in [0.3, 0.4) is 0 Å². The van der Waals surface area contributed by atoms with E-state index in [9.17, 15) is 9.59 Å². The lowest BCUT2D eigenvalue weighted by Gasteiger charge is -2.35. The van der Waals surface area contributed by atoms with E-state index in [0.717, 1.165) is 11.4 Å². The summed E-state index contributed by atoms with van der Waals surface area (Å²) in [5.41, 5.74) is 1.03. The van der Waals surface area contributed by atoms with Gasteiger partial charge in [0.25, 0.3) is 0 Å². The smallest absolute Gasteiger partial charge is 0.237 e. The molecule has 3 rings (SSSR count). The first-order chi connectivity index (χ1) is 13.1. The molecule has 0 radical (unpaired) electrons. The molecule has 1 saturated heterocycles. The molecular formula is C19H26N6O2. The van der Waals surface area contributed by atoms with Crippen molar-refractivity contribution < 1.29 is 9.59 Å². The molecular weight excluding hydrogens is 344 g/mol. The van der Waals surface area contributed by atoms with E-state index in [1.807, 2.05) is 36.9 Å². The SMILES string of the molecule is CCN(Cc1nccn1C)C(=O)CC1C(=O)NCCN1Cc1cccnc1. The Balaban J connectivity index is 1.68. The van der Waals surface area contributed by atoms with Gasteiger partial charge in [0.1, 0.15) is 5.82 Å². The summed E-state index contributed by atoms with van der Waals surface area (Å²) in [6.07, 6.45) is 7.26. The lowest BCUT2D eigenvalue weighted by molar-refractivity contribution is -0.139. The summed E-state index contributed by atoms with van der Waals surface area (Å²) in [5, 5.41) is 2.88. The Morgan fingerprint density at radius 2 is 2.26 bits per heavy atom. The van der Waals surface area contributed by atoms with E-state index in [0.29, 0.717) is 32.7 Å². The number of nitrogens with one attached hydrogen (secondary N) is 1. The second kappa shape index (κ2) is 8.77. The van der Waals surface area contributed by atoms with Crippen LogP contribution in [0.2, 0.25) is 0 Å². The van der Waals surface area contributed by atoms with Gasteiger partial charge in [-0.3, -0.25) is 19.5 Å². The van der Waals surface area contributed by atoms with E-state index in [1.54, 1.807) is 23.5 Å². The number of carbonyl (C=O) groups is 2. The van der Waals surface area contributed by atoms with Crippen LogP contribution < -0.4 is 5.32 Å². The van der Waals surface area contributed by atoms with Gasteiger partial charge in [0.2, 0.25) is 11.8 Å². The molecule has 8 nitrogen and oxygen atoms in total. The molecule has 1 aliphatic heterocycles. The fraction of sp³-hybridized carbons (Fsp3) is 0.474. The van der Waals surface area contributed by atoms with Crippen LogP contribution in [-0.2, 0) is 29.7 Å². The number of nitrogens with zero attached hydrogens (tertiary/aromatic N) is 5. The van der Waals surface area contributed by atoms with Crippen molar-refractivity contribution >= 4 is 11.8 Å². The first kappa shape index (κ1) is 19.0. The van der Waals surface area contributed by atoms with Crippen LogP contribution in [0, 0.1) is 0 Å². The maximum absolute atomic E-state index is 12.9. The first-order valence-corrected chi connectivity index (χ1v) is 9.23. The number of hydrogen-bond acceptors (Lipinski definition) is 5. The molecule has 0 bridgehead atoms. The van der Waals surface area contributed by atoms with Crippen molar-refractivity contribution in [2.75, 3.05) is 19.6 Å². The van der Waals surface area contributed by atoms with Gasteiger partial charge in [0.05, 0.1) is 19.0 Å². The standard InChI is InChI=1S/C19H26N6O2/c1-3-24(14-17-21-7-9-23(17)2)18(26)11-16-19(27)22-8-10-25(16)13-15-5-4-6-20-12-15/h4-7,9,12,16H,3,8,10-11,13-14H2,1-2H3,(H,22,27). The first-order valence-electron chi connectivity index (χ1n) is 9.23. The van der Waals surface area contributed by atoms with E-state index in [2.05, 4.69) is 20.2 Å². The van der Waals surface area contributed by atoms with Crippen LogP contribution in [0.5, 0.6) is 0 Å². The second-order valence-electron chi connectivity index (χ2n) is 6.70. The number of hydrogen-bond donors (Lipinski definition) is 1. The van der Waals surface area contributed by atoms with Gasteiger partial charge in [-0.25, -0.2) is 4.98 Å². The molecule has 3 heterocycles. The minimum atomic E-state index is -0.470. The molecule has 8 heteroatoms. The number of piperazine rings is 1. The molecule has 2 aromatic rings. The number of rotatable bonds is 7. The zero-order valence-electron chi connectivity index (χ0n) is 15.8. The van der Waals surface area contributed by atoms with Crippen molar-refractivity contribution in [3.63, 3.8) is 0 Å². The molecule has 2 amide bonds. The van der Waals surface area contributed by atoms with Crippen molar-refractivity contribution in [1.82, 2.24) is 29.7 Å². The number of aromatic nitrogens is 3. The molecule has 144 valence electrons. The molecule has 1 unspecified atom stereocenters. The van der Waals surface area contributed by atoms with E-state index in [-0.39, 0.29) is 18.2 Å². The average molecular weight is 370 g/mol. The topological polar surface area (TPSA) is 83.4 Å². The van der Waals surface area contributed by atoms with Crippen LogP contribution in [-0.4, -0.2) is 61.8 Å². The molecule has 1 atom stereocenters. The van der Waals surface area contributed by atoms with Crippen molar-refractivity contribution in [3.8, 4) is 0 Å². The largest absolute Gasteiger partial charge is 0.353 e. The minimum Gasteiger partial charge on any atom is -0.353 e. The Morgan fingerprint density at radius 3 is 2.93 bits per heavy atom. The Morgan fingerprint density at radius 1 is 1.41 bits per heavy atom. The quantitative estimate of drug-likeness (QED) is 0.770. The third kappa shape index (κ3) is 4.71. The van der Waals surface area contributed by atoms with E-state index < -0.39 is 6.04 Å². The van der Waals surface area contributed by atoms with E-state index in [1.165, 1.54) is 0 Å². The molecule has 1 fully saturated rings. The Labute approximate surface area is 159 Å². The lowest BCUT2D eigenvalue weighted by Crippen LogP contribution is -2.56. The number of imidazole rings is 1. The zero-order valence-corrected chi connectivity index (χ0v) is 15.8. The van der Waals surface area contributed by atoms with Gasteiger partial charge in [-0.2, -0.15) is 0 Å². The van der Waals surface area contributed by atoms with Gasteiger partial charge < -0.3 is 14.8 Å². The predicted molar refractivity (Wildman–Crippen MR) is 100 cm³/mol. The molecule has 1 N–H and O–H groups in total. The summed E-state index contributed by atoms with van der Waals surface area (Å²) in [4.78, 5) is 37.6. The summed E-state index contributed by atoms with van der Waals surface area (Å²) in [6.45, 7) is 4.86. The lowest BCUT2D eigenvalue weighted by atomic mass is 10.1. The van der Waals surface area contributed by atoms with Crippen LogP contribution in [0.1, 0.15) is 24.7 Å². The van der Waals surface area contributed by atoms with Gasteiger partial charge in [-0.1, -0.05) is 6.07 Å². The fourth-order valence-electron chi connectivity index (χ4n) is 3.29. The number of pyridine rings is 1. The van der Waals surface area contributed by atoms with Gasteiger partial charge in [-0.15, -0.1) is 0 Å². The van der Waals surface area contributed by atoms with Crippen molar-refractivity contribution in [2.24, 2.45) is 7.05 Å². The van der Waals surface area contributed by atoms with Crippen LogP contribution in [0.15, 0.2) is 36.9 Å². The highest BCUT2D eigenvalue weighted by Gasteiger charge is 2.33. The minimum absolute atomic E-state index is 0.0428. The molecule has 0 aliphatic carbocycles. The summed E-state index contributed by atoms with van der Waals surface area (Å²) in [5.74, 6) is 0.691. The highest BCUT2D eigenvalue weighted by atomic mass is 16.2. The van der Waals surface area contributed by atoms with Crippen LogP contribution in [0.25, 0.3) is 0 Å². The van der Waals surface area contributed by atoms with Crippen molar-refractivity contribution in [2.45, 2.75) is 32.5 Å². The third-order valence-corrected chi connectivity index (χ3v) is 4.91. The normalized spacial score (nSPS) is 17.6. The van der Waals surface area contributed by atoms with Crippen molar-refractivity contribution in [3.05, 3.63) is 48.3 Å². The van der Waals surface area contributed by atoms with Gasteiger partial charge >= 0.3 is 0 Å². The molecule has 0 aromatic carbocycles. The van der Waals surface area contributed by atoms with Gasteiger partial charge in [0.15, 0.2) is 0 Å². The Hall–Kier alpha value is -2.74. The summed E-state index contributed by atoms with van der Waals surface area (Å²) in [6, 6.07) is 3.39. The summed E-state index contributed by atoms with van der Waals surface area (Å²) >= 11 is 0. The third-order valence-electron chi connectivity index (χ3n) is 4.91. The van der Waals surface area contributed by atoms with E-state index >= 15 is 0 Å². The molecule has 27 heavy (non-hydrogen) atoms. The van der Waals surface area contributed by atoms with Gasteiger partial charge in [0, 0.05) is 58.0 Å². The average Bonchev–Trinajstić information content (AvgIpc) is 3.08. The second-order valence-corrected chi connectivity index (χ2v) is 6.70. The Bertz CT molecular complexity index is 776. The maximum Gasteiger partial charge on any atom is 0.237 e. The molecule has 0 saturated carbocycles. The number of aryl methyl sites for hydroxylation is 1. The molecule has 1 aliphatic rings. The molecule has 2 aromatic heterocycles. The van der Waals surface area contributed by atoms with Gasteiger partial charge in [-0.05, 0) is 18.6 Å². The Kier molecular flexibility index (Phi) is 6.18. The van der Waals surface area contributed by atoms with Crippen molar-refractivity contribution in [1.29, 1.82) is 0 Å². The number of amides is 2. The highest BCUT2D eigenvalue weighted by Crippen LogP contribution is 2.15. The highest BCUT2D eigenvalue weighted by molar-refractivity contribution is 5.88. The number of carbonyl (C=O) groups excluding carboxylic acids is 2. The monoisotopic (exact) mass is 370 g/mol. The fourth-order valence-corrected chi connectivity index (χ4v) is 3.29. The van der Waals surface area contributed by atoms with E-state index in [4.69, 9.17) is 0 Å². The molecule has 0 spiro atoms. The summed E-state index contributed by atoms with van der Waals surface area (Å²) < 4.78 is 1.90. The van der Waals surface area contributed by atoms with Crippen LogP contribution >= 0.6 is 0 Å². The van der Waals surface area contributed by atoms with Crippen LogP contribution in [0.4, 0.5) is 0 Å².